The van der Waals surface area contributed by atoms with Crippen molar-refractivity contribution in [3.63, 3.8) is 0 Å². The Labute approximate surface area is 171 Å². The fourth-order valence-electron chi connectivity index (χ4n) is 2.60. The Balaban J connectivity index is 2.15. The molecule has 0 saturated heterocycles. The number of hydrogen-bond acceptors (Lipinski definition) is 3. The van der Waals surface area contributed by atoms with Crippen molar-refractivity contribution in [3.05, 3.63) is 65.2 Å². The summed E-state index contributed by atoms with van der Waals surface area (Å²) >= 11 is 6.27. The van der Waals surface area contributed by atoms with Crippen molar-refractivity contribution in [2.24, 2.45) is 0 Å². The number of para-hydroxylation sites is 1. The van der Waals surface area contributed by atoms with Gasteiger partial charge in [-0.2, -0.15) is 0 Å². The lowest BCUT2D eigenvalue weighted by Gasteiger charge is -2.29. The molecule has 0 radical (unpaired) electrons. The summed E-state index contributed by atoms with van der Waals surface area (Å²) in [5, 5.41) is 3.49. The zero-order valence-corrected chi connectivity index (χ0v) is 17.3. The van der Waals surface area contributed by atoms with Gasteiger partial charge in [-0.1, -0.05) is 54.9 Å². The topological polar surface area (TPSA) is 58.6 Å². The fraction of sp³-hybridized carbons (Fsp3) is 0.364. The summed E-state index contributed by atoms with van der Waals surface area (Å²) in [5.74, 6) is 0.121. The van der Waals surface area contributed by atoms with E-state index in [0.717, 1.165) is 12.0 Å². The second kappa shape index (κ2) is 10.7. The molecule has 2 atom stereocenters. The van der Waals surface area contributed by atoms with E-state index in [2.05, 4.69) is 5.32 Å². The van der Waals surface area contributed by atoms with Gasteiger partial charge in [-0.3, -0.25) is 9.59 Å². The lowest BCUT2D eigenvalue weighted by molar-refractivity contribution is -0.142. The van der Waals surface area contributed by atoms with Crippen LogP contribution in [0.1, 0.15) is 32.8 Å². The zero-order chi connectivity index (χ0) is 20.5. The minimum absolute atomic E-state index is 0.0350. The molecule has 6 heteroatoms. The molecule has 2 aromatic carbocycles. The van der Waals surface area contributed by atoms with Crippen LogP contribution < -0.4 is 10.1 Å². The standard InChI is InChI=1S/C22H27ClN2O3/c1-4-16(2)24-22(27)17(3)25(14-18-10-8-9-13-20(18)23)21(26)15-28-19-11-6-5-7-12-19/h5-13,16-17H,4,14-15H2,1-3H3,(H,24,27). The van der Waals surface area contributed by atoms with Gasteiger partial charge in [-0.05, 0) is 44.0 Å². The summed E-state index contributed by atoms with van der Waals surface area (Å²) in [6.07, 6.45) is 0.814. The first-order chi connectivity index (χ1) is 13.4. The first-order valence-corrected chi connectivity index (χ1v) is 9.81. The number of halogens is 1. The number of hydrogen-bond donors (Lipinski definition) is 1. The Kier molecular flexibility index (Phi) is 8.33. The van der Waals surface area contributed by atoms with Crippen LogP contribution >= 0.6 is 11.6 Å². The number of carbonyl (C=O) groups excluding carboxylic acids is 2. The van der Waals surface area contributed by atoms with Gasteiger partial charge in [0.2, 0.25) is 5.91 Å². The van der Waals surface area contributed by atoms with Crippen molar-refractivity contribution in [2.45, 2.75) is 45.8 Å². The predicted molar refractivity (Wildman–Crippen MR) is 111 cm³/mol. The van der Waals surface area contributed by atoms with Crippen molar-refractivity contribution in [1.82, 2.24) is 10.2 Å². The number of benzene rings is 2. The highest BCUT2D eigenvalue weighted by Crippen LogP contribution is 2.19. The summed E-state index contributed by atoms with van der Waals surface area (Å²) in [7, 11) is 0. The molecule has 0 bridgehead atoms. The third kappa shape index (κ3) is 6.27. The molecule has 5 nitrogen and oxygen atoms in total. The zero-order valence-electron chi connectivity index (χ0n) is 16.5. The lowest BCUT2D eigenvalue weighted by atomic mass is 10.1. The molecule has 2 aromatic rings. The number of amides is 2. The molecule has 150 valence electrons. The van der Waals surface area contributed by atoms with E-state index in [1.807, 2.05) is 50.2 Å². The predicted octanol–water partition coefficient (Wildman–Crippen LogP) is 4.05. The minimum Gasteiger partial charge on any atom is -0.484 e. The highest BCUT2D eigenvalue weighted by molar-refractivity contribution is 6.31. The average molecular weight is 403 g/mol. The molecule has 2 rings (SSSR count). The first kappa shape index (κ1) is 21.8. The van der Waals surface area contributed by atoms with Gasteiger partial charge in [-0.25, -0.2) is 0 Å². The number of nitrogens with one attached hydrogen (secondary N) is 1. The molecule has 0 aliphatic heterocycles. The maximum absolute atomic E-state index is 12.9. The molecular formula is C22H27ClN2O3. The summed E-state index contributed by atoms with van der Waals surface area (Å²) in [4.78, 5) is 27.0. The van der Waals surface area contributed by atoms with Gasteiger partial charge in [-0.15, -0.1) is 0 Å². The smallest absolute Gasteiger partial charge is 0.261 e. The Morgan fingerprint density at radius 3 is 2.36 bits per heavy atom. The molecule has 28 heavy (non-hydrogen) atoms. The monoisotopic (exact) mass is 402 g/mol. The van der Waals surface area contributed by atoms with E-state index in [9.17, 15) is 9.59 Å². The van der Waals surface area contributed by atoms with Gasteiger partial charge >= 0.3 is 0 Å². The normalized spacial score (nSPS) is 12.7. The van der Waals surface area contributed by atoms with E-state index >= 15 is 0 Å². The average Bonchev–Trinajstić information content (AvgIpc) is 2.71. The first-order valence-electron chi connectivity index (χ1n) is 9.43. The van der Waals surface area contributed by atoms with Crippen LogP contribution in [0.25, 0.3) is 0 Å². The van der Waals surface area contributed by atoms with E-state index in [-0.39, 0.29) is 31.0 Å². The highest BCUT2D eigenvalue weighted by Gasteiger charge is 2.27. The van der Waals surface area contributed by atoms with Crippen LogP contribution in [0, 0.1) is 0 Å². The van der Waals surface area contributed by atoms with Crippen LogP contribution in [-0.2, 0) is 16.1 Å². The Hall–Kier alpha value is -2.53. The van der Waals surface area contributed by atoms with Crippen LogP contribution in [0.4, 0.5) is 0 Å². The summed E-state index contributed by atoms with van der Waals surface area (Å²) in [6.45, 7) is 5.72. The van der Waals surface area contributed by atoms with Gasteiger partial charge in [0.05, 0.1) is 0 Å². The van der Waals surface area contributed by atoms with Gasteiger partial charge in [0.1, 0.15) is 11.8 Å². The molecule has 0 spiro atoms. The molecular weight excluding hydrogens is 376 g/mol. The third-order valence-corrected chi connectivity index (χ3v) is 4.94. The van der Waals surface area contributed by atoms with E-state index in [0.29, 0.717) is 10.8 Å². The second-order valence-corrected chi connectivity index (χ2v) is 7.12. The molecule has 0 fully saturated rings. The maximum atomic E-state index is 12.9. The lowest BCUT2D eigenvalue weighted by Crippen LogP contribution is -2.50. The maximum Gasteiger partial charge on any atom is 0.261 e. The van der Waals surface area contributed by atoms with E-state index in [1.165, 1.54) is 4.90 Å². The number of rotatable bonds is 9. The molecule has 0 heterocycles. The molecule has 0 aromatic heterocycles. The molecule has 0 aliphatic carbocycles. The van der Waals surface area contributed by atoms with Crippen LogP contribution in [-0.4, -0.2) is 35.4 Å². The largest absolute Gasteiger partial charge is 0.484 e. The molecule has 2 unspecified atom stereocenters. The summed E-state index contributed by atoms with van der Waals surface area (Å²) < 4.78 is 5.59. The van der Waals surface area contributed by atoms with Crippen LogP contribution in [0.15, 0.2) is 54.6 Å². The van der Waals surface area contributed by atoms with Gasteiger partial charge in [0, 0.05) is 17.6 Å². The number of nitrogens with zero attached hydrogens (tertiary/aromatic N) is 1. The Morgan fingerprint density at radius 2 is 1.71 bits per heavy atom. The Morgan fingerprint density at radius 1 is 1.07 bits per heavy atom. The van der Waals surface area contributed by atoms with Crippen molar-refractivity contribution < 1.29 is 14.3 Å². The van der Waals surface area contributed by atoms with E-state index in [1.54, 1.807) is 25.1 Å². The highest BCUT2D eigenvalue weighted by atomic mass is 35.5. The third-order valence-electron chi connectivity index (χ3n) is 4.57. The van der Waals surface area contributed by atoms with Gasteiger partial charge in [0.25, 0.3) is 5.91 Å². The quantitative estimate of drug-likeness (QED) is 0.688. The van der Waals surface area contributed by atoms with Crippen molar-refractivity contribution >= 4 is 23.4 Å². The second-order valence-electron chi connectivity index (χ2n) is 6.71. The van der Waals surface area contributed by atoms with Crippen molar-refractivity contribution in [1.29, 1.82) is 0 Å². The molecule has 2 amide bonds. The van der Waals surface area contributed by atoms with Crippen LogP contribution in [0.2, 0.25) is 5.02 Å². The van der Waals surface area contributed by atoms with Crippen LogP contribution in [0.3, 0.4) is 0 Å². The van der Waals surface area contributed by atoms with Gasteiger partial charge in [0.15, 0.2) is 6.61 Å². The van der Waals surface area contributed by atoms with Crippen molar-refractivity contribution in [2.75, 3.05) is 6.61 Å². The number of carbonyl (C=O) groups is 2. The minimum atomic E-state index is -0.655. The number of ether oxygens (including phenoxy) is 1. The van der Waals surface area contributed by atoms with Gasteiger partial charge < -0.3 is 15.0 Å². The van der Waals surface area contributed by atoms with Crippen molar-refractivity contribution in [3.8, 4) is 5.75 Å². The van der Waals surface area contributed by atoms with Crippen LogP contribution in [0.5, 0.6) is 5.75 Å². The van der Waals surface area contributed by atoms with E-state index in [4.69, 9.17) is 16.3 Å². The molecule has 0 saturated carbocycles. The van der Waals surface area contributed by atoms with E-state index < -0.39 is 6.04 Å². The molecule has 0 aliphatic rings. The SMILES string of the molecule is CCC(C)NC(=O)C(C)N(Cc1ccccc1Cl)C(=O)COc1ccccc1. The summed E-state index contributed by atoms with van der Waals surface area (Å²) in [6, 6.07) is 15.8. The summed E-state index contributed by atoms with van der Waals surface area (Å²) in [5.41, 5.74) is 0.778. The fourth-order valence-corrected chi connectivity index (χ4v) is 2.80. The Bertz CT molecular complexity index is 782. The molecule has 1 N–H and O–H groups in total.